The molecule has 4 N–H and O–H groups in total. The molecule has 0 radical (unpaired) electrons. The maximum absolute atomic E-state index is 11.7. The number of nitrogens with one attached hydrogen (secondary N) is 1. The van der Waals surface area contributed by atoms with E-state index in [1.54, 1.807) is 39.0 Å². The number of anilines is 1. The molecule has 1 aromatic rings. The number of carboxylic acid groups (broad SMARTS) is 1. The van der Waals surface area contributed by atoms with Crippen molar-refractivity contribution in [3.8, 4) is 0 Å². The first-order valence-corrected chi connectivity index (χ1v) is 7.14. The van der Waals surface area contributed by atoms with Gasteiger partial charge in [0.2, 0.25) is 0 Å². The Morgan fingerprint density at radius 3 is 2.52 bits per heavy atom. The van der Waals surface area contributed by atoms with Crippen LogP contribution in [0.2, 0.25) is 0 Å². The van der Waals surface area contributed by atoms with Crippen LogP contribution < -0.4 is 11.1 Å². The summed E-state index contributed by atoms with van der Waals surface area (Å²) in [5, 5.41) is 11.5. The van der Waals surface area contributed by atoms with Gasteiger partial charge in [0, 0.05) is 16.6 Å². The number of benzene rings is 1. The van der Waals surface area contributed by atoms with Gasteiger partial charge in [0.15, 0.2) is 0 Å². The van der Waals surface area contributed by atoms with Crippen LogP contribution in [0.5, 0.6) is 0 Å². The molecule has 116 valence electrons. The van der Waals surface area contributed by atoms with E-state index in [0.29, 0.717) is 10.2 Å². The molecule has 0 saturated carbocycles. The minimum absolute atomic E-state index is 0.132. The molecule has 0 bridgehead atoms. The number of rotatable bonds is 4. The molecule has 0 aliphatic heterocycles. The molecule has 0 aliphatic carbocycles. The standard InChI is InChI=1S/C14H19BrN2O4/c1-14(2,3)21-13(20)17-11(12(18)19)7-8-4-5-10(16)9(15)6-8/h4-6,11H,7,16H2,1-3H3,(H,17,20)(H,18,19)/t11-/m0/s1. The van der Waals surface area contributed by atoms with E-state index in [1.807, 2.05) is 0 Å². The highest BCUT2D eigenvalue weighted by molar-refractivity contribution is 9.10. The molecule has 1 rings (SSSR count). The highest BCUT2D eigenvalue weighted by Crippen LogP contribution is 2.21. The van der Waals surface area contributed by atoms with Gasteiger partial charge >= 0.3 is 12.1 Å². The zero-order valence-corrected chi connectivity index (χ0v) is 13.7. The summed E-state index contributed by atoms with van der Waals surface area (Å²) in [6.07, 6.45) is -0.627. The van der Waals surface area contributed by atoms with Crippen LogP contribution in [-0.4, -0.2) is 28.8 Å². The molecule has 0 aromatic heterocycles. The first-order chi connectivity index (χ1) is 9.58. The van der Waals surface area contributed by atoms with Gasteiger partial charge in [-0.1, -0.05) is 6.07 Å². The number of nitrogen functional groups attached to an aromatic ring is 1. The molecule has 1 aromatic carbocycles. The number of hydrogen-bond acceptors (Lipinski definition) is 4. The number of carbonyl (C=O) groups is 2. The number of carboxylic acids is 1. The zero-order chi connectivity index (χ0) is 16.2. The number of aliphatic carboxylic acids is 1. The second-order valence-corrected chi connectivity index (χ2v) is 6.45. The van der Waals surface area contributed by atoms with Gasteiger partial charge in [-0.15, -0.1) is 0 Å². The summed E-state index contributed by atoms with van der Waals surface area (Å²) in [6.45, 7) is 5.12. The van der Waals surface area contributed by atoms with Crippen molar-refractivity contribution in [1.82, 2.24) is 5.32 Å². The van der Waals surface area contributed by atoms with E-state index >= 15 is 0 Å². The quantitative estimate of drug-likeness (QED) is 0.717. The van der Waals surface area contributed by atoms with Crippen molar-refractivity contribution in [2.45, 2.75) is 38.8 Å². The SMILES string of the molecule is CC(C)(C)OC(=O)N[C@@H](Cc1ccc(N)c(Br)c1)C(=O)O. The highest BCUT2D eigenvalue weighted by Gasteiger charge is 2.24. The van der Waals surface area contributed by atoms with Crippen molar-refractivity contribution >= 4 is 33.7 Å². The third-order valence-electron chi connectivity index (χ3n) is 2.49. The number of halogens is 1. The number of alkyl carbamates (subject to hydrolysis) is 1. The van der Waals surface area contributed by atoms with Crippen LogP contribution in [0.1, 0.15) is 26.3 Å². The minimum atomic E-state index is -1.13. The Labute approximate surface area is 131 Å². The van der Waals surface area contributed by atoms with Crippen molar-refractivity contribution in [1.29, 1.82) is 0 Å². The number of carbonyl (C=O) groups excluding carboxylic acids is 1. The van der Waals surface area contributed by atoms with Crippen molar-refractivity contribution in [2.75, 3.05) is 5.73 Å². The number of amides is 1. The molecule has 7 heteroatoms. The maximum atomic E-state index is 11.7. The molecule has 0 spiro atoms. The van der Waals surface area contributed by atoms with Crippen LogP contribution in [0.3, 0.4) is 0 Å². The molecule has 0 fully saturated rings. The van der Waals surface area contributed by atoms with E-state index in [-0.39, 0.29) is 6.42 Å². The third-order valence-corrected chi connectivity index (χ3v) is 3.18. The topological polar surface area (TPSA) is 102 Å². The fraction of sp³-hybridized carbons (Fsp3) is 0.429. The summed E-state index contributed by atoms with van der Waals surface area (Å²) in [6, 6.07) is 4.04. The van der Waals surface area contributed by atoms with Crippen molar-refractivity contribution in [2.24, 2.45) is 0 Å². The maximum Gasteiger partial charge on any atom is 0.408 e. The predicted molar refractivity (Wildman–Crippen MR) is 83.1 cm³/mol. The Kier molecular flexibility index (Phi) is 5.60. The van der Waals surface area contributed by atoms with Crippen molar-refractivity contribution in [3.05, 3.63) is 28.2 Å². The van der Waals surface area contributed by atoms with Gasteiger partial charge in [-0.25, -0.2) is 9.59 Å². The van der Waals surface area contributed by atoms with Crippen molar-refractivity contribution in [3.63, 3.8) is 0 Å². The monoisotopic (exact) mass is 358 g/mol. The molecular weight excluding hydrogens is 340 g/mol. The number of ether oxygens (including phenoxy) is 1. The van der Waals surface area contributed by atoms with Crippen LogP contribution in [0.25, 0.3) is 0 Å². The van der Waals surface area contributed by atoms with Crippen LogP contribution in [0, 0.1) is 0 Å². The fourth-order valence-electron chi connectivity index (χ4n) is 1.58. The van der Waals surface area contributed by atoms with Gasteiger partial charge in [0.25, 0.3) is 0 Å². The summed E-state index contributed by atoms with van der Waals surface area (Å²) in [7, 11) is 0. The Bertz CT molecular complexity index is 540. The lowest BCUT2D eigenvalue weighted by Crippen LogP contribution is -2.44. The number of hydrogen-bond donors (Lipinski definition) is 3. The molecule has 1 amide bonds. The fourth-order valence-corrected chi connectivity index (χ4v) is 2.01. The van der Waals surface area contributed by atoms with Gasteiger partial charge in [-0.3, -0.25) is 0 Å². The van der Waals surface area contributed by atoms with Gasteiger partial charge in [-0.2, -0.15) is 0 Å². The molecular formula is C14H19BrN2O4. The van der Waals surface area contributed by atoms with Crippen LogP contribution in [-0.2, 0) is 16.0 Å². The average molecular weight is 359 g/mol. The molecule has 0 heterocycles. The minimum Gasteiger partial charge on any atom is -0.480 e. The smallest absolute Gasteiger partial charge is 0.408 e. The molecule has 0 aliphatic rings. The molecule has 0 unspecified atom stereocenters. The predicted octanol–water partition coefficient (Wildman–Crippen LogP) is 2.55. The Balaban J connectivity index is 2.76. The van der Waals surface area contributed by atoms with E-state index < -0.39 is 23.7 Å². The van der Waals surface area contributed by atoms with E-state index in [4.69, 9.17) is 10.5 Å². The molecule has 0 saturated heterocycles. The van der Waals surface area contributed by atoms with Gasteiger partial charge in [0.05, 0.1) is 0 Å². The summed E-state index contributed by atoms with van der Waals surface area (Å²) in [4.78, 5) is 22.9. The first kappa shape index (κ1) is 17.3. The number of nitrogens with two attached hydrogens (primary N) is 1. The lowest BCUT2D eigenvalue weighted by atomic mass is 10.1. The Morgan fingerprint density at radius 1 is 1.43 bits per heavy atom. The van der Waals surface area contributed by atoms with Crippen molar-refractivity contribution < 1.29 is 19.4 Å². The lowest BCUT2D eigenvalue weighted by molar-refractivity contribution is -0.139. The van der Waals surface area contributed by atoms with Crippen LogP contribution in [0.15, 0.2) is 22.7 Å². The zero-order valence-electron chi connectivity index (χ0n) is 12.1. The average Bonchev–Trinajstić information content (AvgIpc) is 2.30. The van der Waals surface area contributed by atoms with Crippen LogP contribution >= 0.6 is 15.9 Å². The molecule has 21 heavy (non-hydrogen) atoms. The second-order valence-electron chi connectivity index (χ2n) is 5.60. The van der Waals surface area contributed by atoms with E-state index in [2.05, 4.69) is 21.2 Å². The third kappa shape index (κ3) is 6.03. The Morgan fingerprint density at radius 2 is 2.05 bits per heavy atom. The summed E-state index contributed by atoms with van der Waals surface area (Å²) in [5.74, 6) is -1.13. The van der Waals surface area contributed by atoms with E-state index in [0.717, 1.165) is 5.56 Å². The normalized spacial score (nSPS) is 12.6. The van der Waals surface area contributed by atoms with Crippen LogP contribution in [0.4, 0.5) is 10.5 Å². The summed E-state index contributed by atoms with van der Waals surface area (Å²) in [5.41, 5.74) is 6.29. The van der Waals surface area contributed by atoms with Gasteiger partial charge in [-0.05, 0) is 54.4 Å². The van der Waals surface area contributed by atoms with E-state index in [9.17, 15) is 14.7 Å². The van der Waals surface area contributed by atoms with Gasteiger partial charge < -0.3 is 20.9 Å². The van der Waals surface area contributed by atoms with E-state index in [1.165, 1.54) is 0 Å². The lowest BCUT2D eigenvalue weighted by Gasteiger charge is -2.22. The first-order valence-electron chi connectivity index (χ1n) is 6.34. The molecule has 1 atom stereocenters. The van der Waals surface area contributed by atoms with Gasteiger partial charge in [0.1, 0.15) is 11.6 Å². The Hall–Kier alpha value is -1.76. The summed E-state index contributed by atoms with van der Waals surface area (Å²) >= 11 is 3.28. The molecule has 6 nitrogen and oxygen atoms in total. The largest absolute Gasteiger partial charge is 0.480 e. The summed E-state index contributed by atoms with van der Waals surface area (Å²) < 4.78 is 5.74. The highest BCUT2D eigenvalue weighted by atomic mass is 79.9. The second kappa shape index (κ2) is 6.80.